The van der Waals surface area contributed by atoms with E-state index in [4.69, 9.17) is 5.11 Å². The molecular formula is C13H15FN2O4. The van der Waals surface area contributed by atoms with E-state index in [0.29, 0.717) is 19.5 Å². The molecule has 1 aliphatic rings. The van der Waals surface area contributed by atoms with E-state index < -0.39 is 17.9 Å². The van der Waals surface area contributed by atoms with Gasteiger partial charge in [-0.3, -0.25) is 0 Å². The van der Waals surface area contributed by atoms with Crippen molar-refractivity contribution >= 4 is 17.7 Å². The highest BCUT2D eigenvalue weighted by Gasteiger charge is 2.28. The fourth-order valence-electron chi connectivity index (χ4n) is 2.32. The van der Waals surface area contributed by atoms with E-state index in [1.165, 1.54) is 25.3 Å². The number of rotatable bonds is 3. The first-order valence-electron chi connectivity index (χ1n) is 6.14. The highest BCUT2D eigenvalue weighted by Crippen LogP contribution is 2.28. The SMILES string of the molecule is COC(=O)NC1CCN(c2c(F)cccc2C(=O)O)C1. The molecule has 0 aliphatic carbocycles. The number of carbonyl (C=O) groups is 2. The minimum absolute atomic E-state index is 0.0640. The van der Waals surface area contributed by atoms with Gasteiger partial charge in [0.2, 0.25) is 0 Å². The fraction of sp³-hybridized carbons (Fsp3) is 0.385. The predicted octanol–water partition coefficient (Wildman–Crippen LogP) is 1.46. The summed E-state index contributed by atoms with van der Waals surface area (Å²) in [5.41, 5.74) is -0.0158. The first kappa shape index (κ1) is 14.1. The number of halogens is 1. The van der Waals surface area contributed by atoms with Crippen LogP contribution in [0.1, 0.15) is 16.8 Å². The van der Waals surface area contributed by atoms with Crippen LogP contribution >= 0.6 is 0 Å². The Morgan fingerprint density at radius 1 is 1.50 bits per heavy atom. The number of carboxylic acids is 1. The molecule has 1 fully saturated rings. The molecule has 0 spiro atoms. The van der Waals surface area contributed by atoms with Gasteiger partial charge in [0.05, 0.1) is 24.4 Å². The third kappa shape index (κ3) is 2.81. The summed E-state index contributed by atoms with van der Waals surface area (Å²) in [6.07, 6.45) is 0.0477. The molecular weight excluding hydrogens is 267 g/mol. The van der Waals surface area contributed by atoms with Gasteiger partial charge >= 0.3 is 12.1 Å². The Balaban J connectivity index is 2.18. The van der Waals surface area contributed by atoms with Crippen molar-refractivity contribution in [3.8, 4) is 0 Å². The molecule has 2 N–H and O–H groups in total. The van der Waals surface area contributed by atoms with E-state index in [1.54, 1.807) is 4.90 Å². The third-order valence-electron chi connectivity index (χ3n) is 3.23. The summed E-state index contributed by atoms with van der Waals surface area (Å²) in [6, 6.07) is 3.76. The number of carboxylic acid groups (broad SMARTS) is 1. The van der Waals surface area contributed by atoms with E-state index in [0.717, 1.165) is 0 Å². The molecule has 1 aromatic rings. The Morgan fingerprint density at radius 2 is 2.25 bits per heavy atom. The molecule has 2 rings (SSSR count). The van der Waals surface area contributed by atoms with Crippen molar-refractivity contribution in [3.63, 3.8) is 0 Å². The highest BCUT2D eigenvalue weighted by molar-refractivity contribution is 5.94. The molecule has 1 aliphatic heterocycles. The average molecular weight is 282 g/mol. The Bertz CT molecular complexity index is 535. The molecule has 0 bridgehead atoms. The summed E-state index contributed by atoms with van der Waals surface area (Å²) in [6.45, 7) is 0.812. The van der Waals surface area contributed by atoms with Gasteiger partial charge < -0.3 is 20.1 Å². The highest BCUT2D eigenvalue weighted by atomic mass is 19.1. The predicted molar refractivity (Wildman–Crippen MR) is 69.5 cm³/mol. The summed E-state index contributed by atoms with van der Waals surface area (Å²) in [5.74, 6) is -1.76. The van der Waals surface area contributed by atoms with Gasteiger partial charge in [0, 0.05) is 13.1 Å². The van der Waals surface area contributed by atoms with Crippen LogP contribution in [0.5, 0.6) is 0 Å². The van der Waals surface area contributed by atoms with Crippen LogP contribution in [0.25, 0.3) is 0 Å². The van der Waals surface area contributed by atoms with Crippen molar-refractivity contribution in [2.75, 3.05) is 25.1 Å². The van der Waals surface area contributed by atoms with E-state index in [-0.39, 0.29) is 17.3 Å². The number of nitrogens with zero attached hydrogens (tertiary/aromatic N) is 1. The molecule has 1 amide bonds. The number of aromatic carboxylic acids is 1. The van der Waals surface area contributed by atoms with Gasteiger partial charge in [-0.2, -0.15) is 0 Å². The average Bonchev–Trinajstić information content (AvgIpc) is 2.86. The zero-order valence-corrected chi connectivity index (χ0v) is 10.9. The number of nitrogens with one attached hydrogen (secondary N) is 1. The molecule has 6 nitrogen and oxygen atoms in total. The third-order valence-corrected chi connectivity index (χ3v) is 3.23. The summed E-state index contributed by atoms with van der Waals surface area (Å²) in [4.78, 5) is 23.9. The normalized spacial score (nSPS) is 17.9. The molecule has 1 unspecified atom stereocenters. The van der Waals surface area contributed by atoms with Crippen LogP contribution in [0.3, 0.4) is 0 Å². The molecule has 108 valence electrons. The summed E-state index contributed by atoms with van der Waals surface area (Å²) in [5, 5.41) is 11.7. The molecule has 1 atom stereocenters. The largest absolute Gasteiger partial charge is 0.478 e. The second kappa shape index (κ2) is 5.77. The zero-order valence-electron chi connectivity index (χ0n) is 10.9. The Morgan fingerprint density at radius 3 is 2.90 bits per heavy atom. The molecule has 0 radical (unpaired) electrons. The number of hydrogen-bond acceptors (Lipinski definition) is 4. The minimum atomic E-state index is -1.18. The van der Waals surface area contributed by atoms with Crippen LogP contribution in [-0.2, 0) is 4.74 Å². The van der Waals surface area contributed by atoms with Gasteiger partial charge in [-0.15, -0.1) is 0 Å². The van der Waals surface area contributed by atoms with Crippen LogP contribution in [0.2, 0.25) is 0 Å². The topological polar surface area (TPSA) is 78.9 Å². The monoisotopic (exact) mass is 282 g/mol. The van der Waals surface area contributed by atoms with Gasteiger partial charge in [0.25, 0.3) is 0 Å². The molecule has 0 saturated carbocycles. The van der Waals surface area contributed by atoms with Crippen molar-refractivity contribution in [2.45, 2.75) is 12.5 Å². The van der Waals surface area contributed by atoms with Crippen LogP contribution in [0, 0.1) is 5.82 Å². The lowest BCUT2D eigenvalue weighted by Crippen LogP contribution is -2.37. The molecule has 1 aromatic carbocycles. The number of para-hydroxylation sites is 1. The van der Waals surface area contributed by atoms with E-state index in [9.17, 15) is 14.0 Å². The van der Waals surface area contributed by atoms with Crippen molar-refractivity contribution < 1.29 is 23.8 Å². The quantitative estimate of drug-likeness (QED) is 0.877. The number of benzene rings is 1. The van der Waals surface area contributed by atoms with Gasteiger partial charge in [-0.1, -0.05) is 6.07 Å². The number of amides is 1. The number of alkyl carbamates (subject to hydrolysis) is 1. The Hall–Kier alpha value is -2.31. The summed E-state index contributed by atoms with van der Waals surface area (Å²) >= 11 is 0. The number of ether oxygens (including phenoxy) is 1. The smallest absolute Gasteiger partial charge is 0.407 e. The minimum Gasteiger partial charge on any atom is -0.478 e. The standard InChI is InChI=1S/C13H15FN2O4/c1-20-13(19)15-8-5-6-16(7-8)11-9(12(17)18)3-2-4-10(11)14/h2-4,8H,5-7H2,1H3,(H,15,19)(H,17,18). The lowest BCUT2D eigenvalue weighted by molar-refractivity contribution is 0.0697. The second-order valence-electron chi connectivity index (χ2n) is 4.51. The van der Waals surface area contributed by atoms with Crippen molar-refractivity contribution in [3.05, 3.63) is 29.6 Å². The van der Waals surface area contributed by atoms with Gasteiger partial charge in [-0.25, -0.2) is 14.0 Å². The Kier molecular flexibility index (Phi) is 4.07. The number of hydrogen-bond donors (Lipinski definition) is 2. The maximum Gasteiger partial charge on any atom is 0.407 e. The van der Waals surface area contributed by atoms with Crippen LogP contribution in [0.4, 0.5) is 14.9 Å². The van der Waals surface area contributed by atoms with Gasteiger partial charge in [0.1, 0.15) is 5.82 Å². The van der Waals surface area contributed by atoms with Crippen LogP contribution < -0.4 is 10.2 Å². The van der Waals surface area contributed by atoms with Crippen molar-refractivity contribution in [1.29, 1.82) is 0 Å². The lowest BCUT2D eigenvalue weighted by Gasteiger charge is -2.21. The van der Waals surface area contributed by atoms with Crippen molar-refractivity contribution in [1.82, 2.24) is 5.32 Å². The van der Waals surface area contributed by atoms with E-state index >= 15 is 0 Å². The summed E-state index contributed by atoms with van der Waals surface area (Å²) < 4.78 is 18.4. The van der Waals surface area contributed by atoms with E-state index in [1.807, 2.05) is 0 Å². The molecule has 1 saturated heterocycles. The molecule has 0 aromatic heterocycles. The zero-order chi connectivity index (χ0) is 14.7. The molecule has 20 heavy (non-hydrogen) atoms. The maximum absolute atomic E-state index is 13.9. The Labute approximate surface area is 115 Å². The maximum atomic E-state index is 13.9. The molecule has 1 heterocycles. The number of carbonyl (C=O) groups excluding carboxylic acids is 1. The fourth-order valence-corrected chi connectivity index (χ4v) is 2.32. The molecule has 7 heteroatoms. The summed E-state index contributed by atoms with van der Waals surface area (Å²) in [7, 11) is 1.27. The van der Waals surface area contributed by atoms with Crippen molar-refractivity contribution in [2.24, 2.45) is 0 Å². The first-order chi connectivity index (χ1) is 9.52. The number of anilines is 1. The first-order valence-corrected chi connectivity index (χ1v) is 6.14. The van der Waals surface area contributed by atoms with E-state index in [2.05, 4.69) is 10.1 Å². The number of methoxy groups -OCH3 is 1. The van der Waals surface area contributed by atoms with Crippen LogP contribution in [0.15, 0.2) is 18.2 Å². The van der Waals surface area contributed by atoms with Gasteiger partial charge in [0.15, 0.2) is 0 Å². The van der Waals surface area contributed by atoms with Gasteiger partial charge in [-0.05, 0) is 18.6 Å². The second-order valence-corrected chi connectivity index (χ2v) is 4.51. The lowest BCUT2D eigenvalue weighted by atomic mass is 10.1. The van der Waals surface area contributed by atoms with Crippen LogP contribution in [-0.4, -0.2) is 43.4 Å².